The van der Waals surface area contributed by atoms with E-state index in [2.05, 4.69) is 10.6 Å². The Morgan fingerprint density at radius 1 is 0.909 bits per heavy atom. The molecule has 8 heteroatoms. The van der Waals surface area contributed by atoms with Crippen LogP contribution in [0.3, 0.4) is 0 Å². The summed E-state index contributed by atoms with van der Waals surface area (Å²) in [5.74, 6) is -2.10. The molecule has 0 aliphatic rings. The number of carbonyl (C=O) groups is 3. The summed E-state index contributed by atoms with van der Waals surface area (Å²) in [4.78, 5) is 36.8. The lowest BCUT2D eigenvalue weighted by atomic mass is 10.1. The number of ether oxygens (including phenoxy) is 2. The lowest BCUT2D eigenvalue weighted by Crippen LogP contribution is -2.29. The minimum atomic E-state index is -0.794. The zero-order valence-corrected chi connectivity index (χ0v) is 17.9. The van der Waals surface area contributed by atoms with Gasteiger partial charge < -0.3 is 20.1 Å². The van der Waals surface area contributed by atoms with Gasteiger partial charge in [0.05, 0.1) is 17.3 Å². The van der Waals surface area contributed by atoms with E-state index in [1.807, 2.05) is 37.3 Å². The Morgan fingerprint density at radius 3 is 2.39 bits per heavy atom. The van der Waals surface area contributed by atoms with Crippen molar-refractivity contribution in [2.24, 2.45) is 0 Å². The summed E-state index contributed by atoms with van der Waals surface area (Å²) in [6.45, 7) is 0.814. The molecule has 0 saturated heterocycles. The maximum absolute atomic E-state index is 13.1. The van der Waals surface area contributed by atoms with E-state index in [9.17, 15) is 18.8 Å². The smallest absolute Gasteiger partial charge is 0.344 e. The number of para-hydroxylation sites is 1. The average molecular weight is 450 g/mol. The van der Waals surface area contributed by atoms with Crippen LogP contribution in [-0.4, -0.2) is 31.0 Å². The van der Waals surface area contributed by atoms with Crippen LogP contribution < -0.4 is 15.4 Å². The fourth-order valence-corrected chi connectivity index (χ4v) is 2.96. The third kappa shape index (κ3) is 7.17. The lowest BCUT2D eigenvalue weighted by molar-refractivity contribution is -0.149. The molecule has 0 spiro atoms. The van der Waals surface area contributed by atoms with Crippen molar-refractivity contribution in [2.45, 2.75) is 13.0 Å². The fourth-order valence-electron chi connectivity index (χ4n) is 2.96. The zero-order valence-electron chi connectivity index (χ0n) is 17.9. The molecule has 0 saturated carbocycles. The van der Waals surface area contributed by atoms with Gasteiger partial charge in [-0.25, -0.2) is 9.18 Å². The van der Waals surface area contributed by atoms with E-state index in [-0.39, 0.29) is 28.9 Å². The van der Waals surface area contributed by atoms with Crippen molar-refractivity contribution in [3.05, 3.63) is 95.8 Å². The monoisotopic (exact) mass is 450 g/mol. The third-order valence-corrected chi connectivity index (χ3v) is 4.61. The largest absolute Gasteiger partial charge is 0.482 e. The molecule has 0 heterocycles. The third-order valence-electron chi connectivity index (χ3n) is 4.61. The lowest BCUT2D eigenvalue weighted by Gasteiger charge is -2.16. The summed E-state index contributed by atoms with van der Waals surface area (Å²) in [6.07, 6.45) is 0. The van der Waals surface area contributed by atoms with Crippen LogP contribution in [0.5, 0.6) is 5.75 Å². The van der Waals surface area contributed by atoms with Crippen LogP contribution >= 0.6 is 0 Å². The number of amides is 2. The number of rotatable bonds is 9. The number of hydrogen-bond acceptors (Lipinski definition) is 5. The summed E-state index contributed by atoms with van der Waals surface area (Å²) in [5.41, 5.74) is 1.50. The van der Waals surface area contributed by atoms with Crippen molar-refractivity contribution in [1.29, 1.82) is 0 Å². The number of carbonyl (C=O) groups excluding carboxylic acids is 3. The Balaban J connectivity index is 1.51. The Kier molecular flexibility index (Phi) is 8.13. The van der Waals surface area contributed by atoms with Crippen LogP contribution in [0.2, 0.25) is 0 Å². The summed E-state index contributed by atoms with van der Waals surface area (Å²) in [5, 5.41) is 5.47. The van der Waals surface area contributed by atoms with Gasteiger partial charge in [-0.05, 0) is 36.8 Å². The minimum absolute atomic E-state index is 0.168. The van der Waals surface area contributed by atoms with Crippen molar-refractivity contribution in [3.8, 4) is 5.75 Å². The van der Waals surface area contributed by atoms with Gasteiger partial charge in [0.1, 0.15) is 11.6 Å². The van der Waals surface area contributed by atoms with Gasteiger partial charge in [-0.3, -0.25) is 9.59 Å². The van der Waals surface area contributed by atoms with Gasteiger partial charge >= 0.3 is 5.97 Å². The van der Waals surface area contributed by atoms with Gasteiger partial charge in [0.2, 0.25) is 0 Å². The normalized spacial score (nSPS) is 11.2. The highest BCUT2D eigenvalue weighted by Gasteiger charge is 2.17. The van der Waals surface area contributed by atoms with Crippen molar-refractivity contribution in [2.75, 3.05) is 18.5 Å². The van der Waals surface area contributed by atoms with Crippen LogP contribution in [0.15, 0.2) is 78.9 Å². The van der Waals surface area contributed by atoms with Crippen LogP contribution in [0.25, 0.3) is 0 Å². The van der Waals surface area contributed by atoms with Crippen molar-refractivity contribution in [1.82, 2.24) is 5.32 Å². The molecule has 1 unspecified atom stereocenters. The molecule has 33 heavy (non-hydrogen) atoms. The van der Waals surface area contributed by atoms with Crippen molar-refractivity contribution in [3.63, 3.8) is 0 Å². The van der Waals surface area contributed by atoms with Crippen molar-refractivity contribution >= 4 is 23.5 Å². The zero-order chi connectivity index (χ0) is 23.6. The van der Waals surface area contributed by atoms with E-state index in [0.29, 0.717) is 0 Å². The standard InChI is InChI=1S/C25H23FN2O5/c1-17(18-8-3-2-4-9-18)27-25(31)21-12-5-6-13-22(21)28-23(29)15-33-24(30)16-32-20-11-7-10-19(26)14-20/h2-14,17H,15-16H2,1H3,(H,27,31)(H,28,29). The average Bonchev–Trinajstić information content (AvgIpc) is 2.82. The molecule has 0 aromatic heterocycles. The highest BCUT2D eigenvalue weighted by Crippen LogP contribution is 2.18. The van der Waals surface area contributed by atoms with Crippen LogP contribution in [0.4, 0.5) is 10.1 Å². The molecule has 3 aromatic carbocycles. The molecule has 0 radical (unpaired) electrons. The molecule has 3 rings (SSSR count). The van der Waals surface area contributed by atoms with E-state index >= 15 is 0 Å². The molecule has 2 N–H and O–H groups in total. The highest BCUT2D eigenvalue weighted by molar-refractivity contribution is 6.04. The van der Waals surface area contributed by atoms with E-state index in [4.69, 9.17) is 9.47 Å². The Morgan fingerprint density at radius 2 is 1.64 bits per heavy atom. The van der Waals surface area contributed by atoms with Crippen LogP contribution in [0.1, 0.15) is 28.9 Å². The van der Waals surface area contributed by atoms with E-state index in [1.165, 1.54) is 18.2 Å². The molecular weight excluding hydrogens is 427 g/mol. The minimum Gasteiger partial charge on any atom is -0.482 e. The molecule has 170 valence electrons. The number of hydrogen-bond donors (Lipinski definition) is 2. The summed E-state index contributed by atoms with van der Waals surface area (Å²) in [7, 11) is 0. The predicted molar refractivity (Wildman–Crippen MR) is 120 cm³/mol. The highest BCUT2D eigenvalue weighted by atomic mass is 19.1. The van der Waals surface area contributed by atoms with Crippen molar-refractivity contribution < 1.29 is 28.2 Å². The number of nitrogens with one attached hydrogen (secondary N) is 2. The number of esters is 1. The number of halogens is 1. The second-order valence-corrected chi connectivity index (χ2v) is 7.11. The summed E-state index contributed by atoms with van der Waals surface area (Å²) < 4.78 is 23.1. The first-order valence-electron chi connectivity index (χ1n) is 10.2. The SMILES string of the molecule is CC(NC(=O)c1ccccc1NC(=O)COC(=O)COc1cccc(F)c1)c1ccccc1. The fraction of sp³-hybridized carbons (Fsp3) is 0.160. The van der Waals surface area contributed by atoms with Gasteiger partial charge in [-0.2, -0.15) is 0 Å². The van der Waals surface area contributed by atoms with E-state index in [0.717, 1.165) is 11.6 Å². The maximum Gasteiger partial charge on any atom is 0.344 e. The topological polar surface area (TPSA) is 93.7 Å². The first-order valence-corrected chi connectivity index (χ1v) is 10.2. The number of benzene rings is 3. The van der Waals surface area contributed by atoms with Gasteiger partial charge in [-0.1, -0.05) is 48.5 Å². The van der Waals surface area contributed by atoms with Gasteiger partial charge in [0.15, 0.2) is 13.2 Å². The first-order chi connectivity index (χ1) is 15.9. The Labute approximate surface area is 190 Å². The molecule has 2 amide bonds. The molecule has 3 aromatic rings. The molecular formula is C25H23FN2O5. The van der Waals surface area contributed by atoms with E-state index in [1.54, 1.807) is 24.3 Å². The Bertz CT molecular complexity index is 1120. The molecule has 0 fully saturated rings. The number of anilines is 1. The first kappa shape index (κ1) is 23.5. The molecule has 0 aliphatic heterocycles. The summed E-state index contributed by atoms with van der Waals surface area (Å²) >= 11 is 0. The molecule has 7 nitrogen and oxygen atoms in total. The van der Waals surface area contributed by atoms with Gasteiger partial charge in [0, 0.05) is 6.07 Å². The van der Waals surface area contributed by atoms with Crippen LogP contribution in [-0.2, 0) is 14.3 Å². The maximum atomic E-state index is 13.1. The summed E-state index contributed by atoms with van der Waals surface area (Å²) in [6, 6.07) is 21.1. The Hall–Kier alpha value is -4.20. The predicted octanol–water partition coefficient (Wildman–Crippen LogP) is 3.88. The quantitative estimate of drug-likeness (QED) is 0.483. The van der Waals surface area contributed by atoms with Gasteiger partial charge in [-0.15, -0.1) is 0 Å². The molecule has 0 aliphatic carbocycles. The molecule has 0 bridgehead atoms. The van der Waals surface area contributed by atoms with Crippen LogP contribution in [0, 0.1) is 5.82 Å². The van der Waals surface area contributed by atoms with Gasteiger partial charge in [0.25, 0.3) is 11.8 Å². The second kappa shape index (κ2) is 11.4. The van der Waals surface area contributed by atoms with E-state index < -0.39 is 30.9 Å². The molecule has 1 atom stereocenters. The second-order valence-electron chi connectivity index (χ2n) is 7.11.